The Hall–Kier alpha value is -4.61. The third-order valence-corrected chi connectivity index (χ3v) is 5.32. The summed E-state index contributed by atoms with van der Waals surface area (Å²) in [5, 5.41) is 6.06. The van der Waals surface area contributed by atoms with Gasteiger partial charge in [0.15, 0.2) is 22.8 Å². The van der Waals surface area contributed by atoms with Crippen LogP contribution in [0.4, 0.5) is 13.2 Å². The number of aromatic nitrogens is 3. The lowest BCUT2D eigenvalue weighted by atomic mass is 10.1. The Morgan fingerprint density at radius 2 is 1.73 bits per heavy atom. The first-order valence-electron chi connectivity index (χ1n) is 10.9. The number of rotatable bonds is 8. The Morgan fingerprint density at radius 1 is 1.00 bits per heavy atom. The highest BCUT2D eigenvalue weighted by Crippen LogP contribution is 2.35. The number of carbonyl (C=O) groups excluding carboxylic acids is 2. The summed E-state index contributed by atoms with van der Waals surface area (Å²) in [5.74, 6) is -0.886. The Balaban J connectivity index is 1.61. The topological polar surface area (TPSA) is 104 Å². The lowest BCUT2D eigenvalue weighted by Crippen LogP contribution is -2.30. The summed E-state index contributed by atoms with van der Waals surface area (Å²) < 4.78 is 57.7. The SMILES string of the molecule is COc1ccc(-c2cc(C(F)(F)F)n3ncc(C(=O)NCC(=O)OCc4ccccc4)c3n2)cc1OC. The van der Waals surface area contributed by atoms with Crippen LogP contribution in [0.5, 0.6) is 11.5 Å². The summed E-state index contributed by atoms with van der Waals surface area (Å²) in [6.07, 6.45) is -3.84. The molecule has 1 amide bonds. The molecule has 2 heterocycles. The van der Waals surface area contributed by atoms with Gasteiger partial charge in [-0.2, -0.15) is 18.3 Å². The average molecular weight is 514 g/mol. The van der Waals surface area contributed by atoms with Crippen molar-refractivity contribution < 1.29 is 37.0 Å². The number of esters is 1. The molecule has 0 aliphatic heterocycles. The first-order chi connectivity index (χ1) is 17.7. The fourth-order valence-corrected chi connectivity index (χ4v) is 3.51. The highest BCUT2D eigenvalue weighted by atomic mass is 19.4. The molecule has 0 bridgehead atoms. The molecule has 2 aromatic heterocycles. The lowest BCUT2D eigenvalue weighted by Gasteiger charge is -2.13. The number of nitrogens with zero attached hydrogens (tertiary/aromatic N) is 3. The van der Waals surface area contributed by atoms with Gasteiger partial charge in [0.1, 0.15) is 18.7 Å². The van der Waals surface area contributed by atoms with Crippen LogP contribution in [0.1, 0.15) is 21.6 Å². The molecule has 192 valence electrons. The van der Waals surface area contributed by atoms with Crippen LogP contribution < -0.4 is 14.8 Å². The van der Waals surface area contributed by atoms with Gasteiger partial charge in [-0.1, -0.05) is 30.3 Å². The van der Waals surface area contributed by atoms with E-state index in [1.165, 1.54) is 32.4 Å². The van der Waals surface area contributed by atoms with Crippen LogP contribution in [0.3, 0.4) is 0 Å². The van der Waals surface area contributed by atoms with Crippen LogP contribution in [0, 0.1) is 0 Å². The monoisotopic (exact) mass is 514 g/mol. The molecule has 12 heteroatoms. The van der Waals surface area contributed by atoms with E-state index in [4.69, 9.17) is 14.2 Å². The van der Waals surface area contributed by atoms with Gasteiger partial charge in [-0.15, -0.1) is 0 Å². The van der Waals surface area contributed by atoms with Gasteiger partial charge in [-0.25, -0.2) is 9.50 Å². The van der Waals surface area contributed by atoms with Crippen molar-refractivity contribution in [2.24, 2.45) is 0 Å². The molecule has 4 aromatic rings. The van der Waals surface area contributed by atoms with Crippen LogP contribution in [0.15, 0.2) is 60.8 Å². The fourth-order valence-electron chi connectivity index (χ4n) is 3.51. The zero-order valence-corrected chi connectivity index (χ0v) is 19.7. The smallest absolute Gasteiger partial charge is 0.433 e. The maximum Gasteiger partial charge on any atom is 0.433 e. The predicted molar refractivity (Wildman–Crippen MR) is 125 cm³/mol. The van der Waals surface area contributed by atoms with E-state index in [1.54, 1.807) is 24.3 Å². The third-order valence-electron chi connectivity index (χ3n) is 5.32. The van der Waals surface area contributed by atoms with Gasteiger partial charge >= 0.3 is 12.1 Å². The number of hydrogen-bond donors (Lipinski definition) is 1. The summed E-state index contributed by atoms with van der Waals surface area (Å²) in [5.41, 5.74) is -0.737. The van der Waals surface area contributed by atoms with Gasteiger partial charge in [0, 0.05) is 5.56 Å². The maximum atomic E-state index is 13.9. The zero-order valence-electron chi connectivity index (χ0n) is 19.7. The molecule has 0 radical (unpaired) electrons. The van der Waals surface area contributed by atoms with Crippen molar-refractivity contribution in [3.63, 3.8) is 0 Å². The van der Waals surface area contributed by atoms with E-state index in [0.717, 1.165) is 17.8 Å². The number of carbonyl (C=O) groups is 2. The largest absolute Gasteiger partial charge is 0.493 e. The average Bonchev–Trinajstić information content (AvgIpc) is 3.33. The van der Waals surface area contributed by atoms with Crippen molar-refractivity contribution in [1.82, 2.24) is 19.9 Å². The van der Waals surface area contributed by atoms with Crippen LogP contribution in [-0.4, -0.2) is 47.2 Å². The number of ether oxygens (including phenoxy) is 3. The minimum Gasteiger partial charge on any atom is -0.493 e. The molecule has 37 heavy (non-hydrogen) atoms. The number of alkyl halides is 3. The molecule has 0 fully saturated rings. The highest BCUT2D eigenvalue weighted by molar-refractivity contribution is 6.01. The van der Waals surface area contributed by atoms with Crippen molar-refractivity contribution in [2.75, 3.05) is 20.8 Å². The Morgan fingerprint density at radius 3 is 2.41 bits per heavy atom. The fraction of sp³-hybridized carbons (Fsp3) is 0.200. The molecule has 0 saturated heterocycles. The molecule has 1 N–H and O–H groups in total. The van der Waals surface area contributed by atoms with E-state index in [2.05, 4.69) is 15.4 Å². The summed E-state index contributed by atoms with van der Waals surface area (Å²) in [6, 6.07) is 14.3. The van der Waals surface area contributed by atoms with Crippen molar-refractivity contribution in [3.05, 3.63) is 77.6 Å². The number of fused-ring (bicyclic) bond motifs is 1. The molecule has 0 saturated carbocycles. The molecular formula is C25H21F3N4O5. The van der Waals surface area contributed by atoms with Crippen LogP contribution in [0.25, 0.3) is 16.9 Å². The Labute approximate surface area is 208 Å². The van der Waals surface area contributed by atoms with Gasteiger partial charge < -0.3 is 19.5 Å². The molecule has 0 atom stereocenters. The van der Waals surface area contributed by atoms with Gasteiger partial charge in [-0.3, -0.25) is 9.59 Å². The Bertz CT molecular complexity index is 1440. The predicted octanol–water partition coefficient (Wildman–Crippen LogP) is 3.91. The van der Waals surface area contributed by atoms with Crippen molar-refractivity contribution in [2.45, 2.75) is 12.8 Å². The number of nitrogens with one attached hydrogen (secondary N) is 1. The molecule has 0 aliphatic carbocycles. The van der Waals surface area contributed by atoms with Crippen molar-refractivity contribution >= 4 is 17.5 Å². The van der Waals surface area contributed by atoms with E-state index in [0.29, 0.717) is 15.8 Å². The van der Waals surface area contributed by atoms with Gasteiger partial charge in [0.2, 0.25) is 0 Å². The van der Waals surface area contributed by atoms with E-state index in [1.807, 2.05) is 6.07 Å². The summed E-state index contributed by atoms with van der Waals surface area (Å²) in [4.78, 5) is 29.1. The molecule has 0 unspecified atom stereocenters. The standard InChI is InChI=1S/C25H21F3N4O5/c1-35-19-9-8-16(10-20(19)36-2)18-11-21(25(26,27)28)32-23(31-18)17(12-30-32)24(34)29-13-22(33)37-14-15-6-4-3-5-7-15/h3-12H,13-14H2,1-2H3,(H,29,34). The molecule has 4 rings (SSSR count). The van der Waals surface area contributed by atoms with E-state index in [-0.39, 0.29) is 29.3 Å². The van der Waals surface area contributed by atoms with Crippen LogP contribution in [-0.2, 0) is 22.3 Å². The van der Waals surface area contributed by atoms with Gasteiger partial charge in [0.25, 0.3) is 5.91 Å². The number of methoxy groups -OCH3 is 2. The quantitative estimate of drug-likeness (QED) is 0.356. The first kappa shape index (κ1) is 25.5. The minimum atomic E-state index is -4.80. The lowest BCUT2D eigenvalue weighted by molar-refractivity contribution is -0.144. The highest BCUT2D eigenvalue weighted by Gasteiger charge is 2.36. The molecule has 9 nitrogen and oxygen atoms in total. The van der Waals surface area contributed by atoms with E-state index >= 15 is 0 Å². The molecule has 0 aliphatic rings. The molecule has 2 aromatic carbocycles. The zero-order chi connectivity index (χ0) is 26.6. The second-order valence-corrected chi connectivity index (χ2v) is 7.72. The van der Waals surface area contributed by atoms with Gasteiger partial charge in [-0.05, 0) is 29.8 Å². The van der Waals surface area contributed by atoms with Gasteiger partial charge in [0.05, 0.1) is 26.1 Å². The summed E-state index contributed by atoms with van der Waals surface area (Å²) in [7, 11) is 2.82. The number of halogens is 3. The molecule has 0 spiro atoms. The second kappa shape index (κ2) is 10.6. The molecular weight excluding hydrogens is 493 g/mol. The first-order valence-corrected chi connectivity index (χ1v) is 10.9. The minimum absolute atomic E-state index is 0.0113. The maximum absolute atomic E-state index is 13.9. The summed E-state index contributed by atoms with van der Waals surface area (Å²) >= 11 is 0. The van der Waals surface area contributed by atoms with Crippen LogP contribution in [0.2, 0.25) is 0 Å². The van der Waals surface area contributed by atoms with Crippen molar-refractivity contribution in [3.8, 4) is 22.8 Å². The van der Waals surface area contributed by atoms with E-state index in [9.17, 15) is 22.8 Å². The number of benzene rings is 2. The number of hydrogen-bond acceptors (Lipinski definition) is 7. The van der Waals surface area contributed by atoms with Crippen LogP contribution >= 0.6 is 0 Å². The number of amides is 1. The Kier molecular flexibility index (Phi) is 7.27. The van der Waals surface area contributed by atoms with Crippen molar-refractivity contribution in [1.29, 1.82) is 0 Å². The third kappa shape index (κ3) is 5.63. The summed E-state index contributed by atoms with van der Waals surface area (Å²) in [6.45, 7) is -0.484. The van der Waals surface area contributed by atoms with E-state index < -0.39 is 30.3 Å². The second-order valence-electron chi connectivity index (χ2n) is 7.72. The normalized spacial score (nSPS) is 11.3.